The molecule has 7 heteroatoms. The van der Waals surface area contributed by atoms with E-state index in [0.717, 1.165) is 11.1 Å². The molecule has 1 N–H and O–H groups in total. The number of nitrogens with zero attached hydrogens (tertiary/aromatic N) is 2. The van der Waals surface area contributed by atoms with Gasteiger partial charge in [-0.2, -0.15) is 0 Å². The van der Waals surface area contributed by atoms with E-state index in [2.05, 4.69) is 5.32 Å². The lowest BCUT2D eigenvalue weighted by Gasteiger charge is -2.29. The average Bonchev–Trinajstić information content (AvgIpc) is 2.80. The number of nitrogens with one attached hydrogen (secondary N) is 1. The summed E-state index contributed by atoms with van der Waals surface area (Å²) in [5, 5.41) is 13.1. The molecule has 1 aromatic carbocycles. The van der Waals surface area contributed by atoms with Crippen LogP contribution in [-0.4, -0.2) is 27.7 Å². The van der Waals surface area contributed by atoms with Gasteiger partial charge in [-0.05, 0) is 17.5 Å². The van der Waals surface area contributed by atoms with Gasteiger partial charge in [-0.1, -0.05) is 6.07 Å². The van der Waals surface area contributed by atoms with Crippen LogP contribution in [0.4, 0.5) is 5.69 Å². The smallest absolute Gasteiger partial charge is 0.269 e. The first-order valence-electron chi connectivity index (χ1n) is 6.38. The number of imide groups is 1. The maximum atomic E-state index is 11.8. The van der Waals surface area contributed by atoms with Crippen molar-refractivity contribution >= 4 is 17.5 Å². The molecule has 1 fully saturated rings. The highest BCUT2D eigenvalue weighted by molar-refractivity contribution is 6.00. The van der Waals surface area contributed by atoms with Gasteiger partial charge in [-0.15, -0.1) is 0 Å². The number of carbonyl (C=O) groups excluding carboxylic acids is 2. The molecule has 0 saturated carbocycles. The van der Waals surface area contributed by atoms with Crippen LogP contribution in [0.1, 0.15) is 24.0 Å². The van der Waals surface area contributed by atoms with E-state index >= 15 is 0 Å². The molecular weight excluding hydrogens is 262 g/mol. The highest BCUT2D eigenvalue weighted by Crippen LogP contribution is 2.29. The Kier molecular flexibility index (Phi) is 2.98. The topological polar surface area (TPSA) is 92.6 Å². The van der Waals surface area contributed by atoms with E-state index in [1.165, 1.54) is 6.07 Å². The Labute approximate surface area is 114 Å². The van der Waals surface area contributed by atoms with Gasteiger partial charge in [0.25, 0.3) is 5.69 Å². The molecule has 104 valence electrons. The fourth-order valence-electron chi connectivity index (χ4n) is 2.77. The summed E-state index contributed by atoms with van der Waals surface area (Å²) in [7, 11) is 0. The number of rotatable bonds is 2. The lowest BCUT2D eigenvalue weighted by molar-refractivity contribution is -0.384. The Morgan fingerprint density at radius 1 is 1.25 bits per heavy atom. The second-order valence-corrected chi connectivity index (χ2v) is 5.08. The van der Waals surface area contributed by atoms with Crippen LogP contribution >= 0.6 is 0 Å². The zero-order valence-corrected chi connectivity index (χ0v) is 10.7. The molecule has 2 aliphatic heterocycles. The molecule has 0 aliphatic carbocycles. The van der Waals surface area contributed by atoms with Crippen molar-refractivity contribution < 1.29 is 14.5 Å². The fraction of sp³-hybridized carbons (Fsp3) is 0.385. The second kappa shape index (κ2) is 4.68. The fourth-order valence-corrected chi connectivity index (χ4v) is 2.77. The highest BCUT2D eigenvalue weighted by Gasteiger charge is 2.35. The third-order valence-corrected chi connectivity index (χ3v) is 3.80. The summed E-state index contributed by atoms with van der Waals surface area (Å²) >= 11 is 0. The molecule has 2 amide bonds. The van der Waals surface area contributed by atoms with Crippen LogP contribution in [0.2, 0.25) is 0 Å². The number of hydrogen-bond acceptors (Lipinski definition) is 5. The Hall–Kier alpha value is -2.28. The predicted molar refractivity (Wildman–Crippen MR) is 68.5 cm³/mol. The first-order chi connectivity index (χ1) is 9.54. The predicted octanol–water partition coefficient (Wildman–Crippen LogP) is 0.716. The van der Waals surface area contributed by atoms with Crippen molar-refractivity contribution in [3.8, 4) is 0 Å². The van der Waals surface area contributed by atoms with Gasteiger partial charge in [-0.3, -0.25) is 29.9 Å². The minimum absolute atomic E-state index is 0.0638. The molecule has 2 heterocycles. The molecule has 0 aromatic heterocycles. The zero-order valence-electron chi connectivity index (χ0n) is 10.7. The molecular formula is C13H13N3O4. The summed E-state index contributed by atoms with van der Waals surface area (Å²) in [5.74, 6) is -0.512. The molecule has 1 unspecified atom stereocenters. The third-order valence-electron chi connectivity index (χ3n) is 3.80. The number of non-ortho nitro benzene ring substituents is 1. The standard InChI is InChI=1S/C13H13N3O4/c17-12-4-3-11(13(18)14-12)15-6-8-1-2-10(16(19)20)5-9(8)7-15/h1-2,5,11H,3-4,6-7H2,(H,14,17,18). The number of fused-ring (bicyclic) bond motifs is 1. The molecule has 0 radical (unpaired) electrons. The minimum atomic E-state index is -0.422. The lowest BCUT2D eigenvalue weighted by Crippen LogP contribution is -2.50. The monoisotopic (exact) mass is 275 g/mol. The Morgan fingerprint density at radius 2 is 2.00 bits per heavy atom. The van der Waals surface area contributed by atoms with Gasteiger partial charge in [0.1, 0.15) is 0 Å². The summed E-state index contributed by atoms with van der Waals surface area (Å²) in [6.45, 7) is 1.09. The number of nitro benzene ring substituents is 1. The largest absolute Gasteiger partial charge is 0.295 e. The van der Waals surface area contributed by atoms with E-state index in [-0.39, 0.29) is 23.5 Å². The van der Waals surface area contributed by atoms with Gasteiger partial charge in [0.05, 0.1) is 11.0 Å². The first kappa shape index (κ1) is 12.7. The lowest BCUT2D eigenvalue weighted by atomic mass is 10.0. The number of piperidine rings is 1. The van der Waals surface area contributed by atoms with Crippen LogP contribution in [0.25, 0.3) is 0 Å². The minimum Gasteiger partial charge on any atom is -0.295 e. The molecule has 0 spiro atoms. The molecule has 1 atom stereocenters. The molecule has 1 aromatic rings. The number of carbonyl (C=O) groups is 2. The van der Waals surface area contributed by atoms with Crippen molar-refractivity contribution in [2.75, 3.05) is 0 Å². The van der Waals surface area contributed by atoms with E-state index in [4.69, 9.17) is 0 Å². The van der Waals surface area contributed by atoms with Crippen LogP contribution in [0.15, 0.2) is 18.2 Å². The summed E-state index contributed by atoms with van der Waals surface area (Å²) in [4.78, 5) is 35.3. The molecule has 1 saturated heterocycles. The van der Waals surface area contributed by atoms with Crippen LogP contribution in [0, 0.1) is 10.1 Å². The molecule has 3 rings (SSSR count). The number of amides is 2. The van der Waals surface area contributed by atoms with E-state index in [9.17, 15) is 19.7 Å². The van der Waals surface area contributed by atoms with Crippen LogP contribution in [0.3, 0.4) is 0 Å². The maximum absolute atomic E-state index is 11.8. The van der Waals surface area contributed by atoms with Crippen molar-refractivity contribution in [2.45, 2.75) is 32.0 Å². The highest BCUT2D eigenvalue weighted by atomic mass is 16.6. The van der Waals surface area contributed by atoms with Crippen molar-refractivity contribution in [3.63, 3.8) is 0 Å². The van der Waals surface area contributed by atoms with E-state index < -0.39 is 4.92 Å². The first-order valence-corrected chi connectivity index (χ1v) is 6.38. The van der Waals surface area contributed by atoms with Crippen LogP contribution in [0.5, 0.6) is 0 Å². The van der Waals surface area contributed by atoms with Gasteiger partial charge in [0.2, 0.25) is 11.8 Å². The number of benzene rings is 1. The van der Waals surface area contributed by atoms with Crippen molar-refractivity contribution in [1.82, 2.24) is 10.2 Å². The van der Waals surface area contributed by atoms with Crippen LogP contribution in [-0.2, 0) is 22.7 Å². The summed E-state index contributed by atoms with van der Waals surface area (Å²) in [6.07, 6.45) is 0.837. The van der Waals surface area contributed by atoms with E-state index in [0.29, 0.717) is 25.9 Å². The number of nitro groups is 1. The average molecular weight is 275 g/mol. The summed E-state index contributed by atoms with van der Waals surface area (Å²) in [5.41, 5.74) is 1.94. The number of hydrogen-bond donors (Lipinski definition) is 1. The Bertz CT molecular complexity index is 614. The van der Waals surface area contributed by atoms with Gasteiger partial charge >= 0.3 is 0 Å². The normalized spacial score (nSPS) is 22.5. The van der Waals surface area contributed by atoms with Gasteiger partial charge in [0, 0.05) is 31.6 Å². The second-order valence-electron chi connectivity index (χ2n) is 5.08. The van der Waals surface area contributed by atoms with Gasteiger partial charge in [-0.25, -0.2) is 0 Å². The molecule has 2 aliphatic rings. The quantitative estimate of drug-likeness (QED) is 0.487. The Morgan fingerprint density at radius 3 is 2.70 bits per heavy atom. The van der Waals surface area contributed by atoms with Crippen molar-refractivity contribution in [2.24, 2.45) is 0 Å². The van der Waals surface area contributed by atoms with E-state index in [1.807, 2.05) is 4.90 Å². The molecule has 0 bridgehead atoms. The zero-order chi connectivity index (χ0) is 14.3. The van der Waals surface area contributed by atoms with Gasteiger partial charge in [0.15, 0.2) is 0 Å². The SMILES string of the molecule is O=C1CCC(N2Cc3ccc([N+](=O)[O-])cc3C2)C(=O)N1. The van der Waals surface area contributed by atoms with Crippen molar-refractivity contribution in [3.05, 3.63) is 39.4 Å². The van der Waals surface area contributed by atoms with Gasteiger partial charge < -0.3 is 0 Å². The third kappa shape index (κ3) is 2.16. The van der Waals surface area contributed by atoms with Crippen LogP contribution < -0.4 is 5.32 Å². The Balaban J connectivity index is 1.78. The molecule has 7 nitrogen and oxygen atoms in total. The molecule has 20 heavy (non-hydrogen) atoms. The maximum Gasteiger partial charge on any atom is 0.269 e. The summed E-state index contributed by atoms with van der Waals surface area (Å²) in [6, 6.07) is 4.44. The van der Waals surface area contributed by atoms with E-state index in [1.54, 1.807) is 12.1 Å². The van der Waals surface area contributed by atoms with Crippen molar-refractivity contribution in [1.29, 1.82) is 0 Å². The summed E-state index contributed by atoms with van der Waals surface area (Å²) < 4.78 is 0.